The number of aliphatic imine (C=N–C) groups is 1. The molecule has 0 aliphatic heterocycles. The lowest BCUT2D eigenvalue weighted by molar-refractivity contribution is -0.162. The number of ether oxygens (including phenoxy) is 1. The fourth-order valence-corrected chi connectivity index (χ4v) is 1.53. The van der Waals surface area contributed by atoms with E-state index in [1.54, 1.807) is 0 Å². The Morgan fingerprint density at radius 3 is 2.29 bits per heavy atom. The van der Waals surface area contributed by atoms with Gasteiger partial charge in [0.05, 0.1) is 0 Å². The Morgan fingerprint density at radius 1 is 1.14 bits per heavy atom. The molecular formula is C13H27N5O3. The van der Waals surface area contributed by atoms with Crippen LogP contribution in [0.3, 0.4) is 0 Å². The van der Waals surface area contributed by atoms with Gasteiger partial charge in [-0.25, -0.2) is 9.59 Å². The average molecular weight is 301 g/mol. The van der Waals surface area contributed by atoms with Gasteiger partial charge >= 0.3 is 11.9 Å². The number of hydrogen-bond acceptors (Lipinski definition) is 6. The van der Waals surface area contributed by atoms with E-state index in [1.807, 2.05) is 13.8 Å². The van der Waals surface area contributed by atoms with Crippen LogP contribution in [-0.2, 0) is 14.3 Å². The minimum atomic E-state index is -0.850. The van der Waals surface area contributed by atoms with Crippen molar-refractivity contribution in [2.75, 3.05) is 6.54 Å². The number of rotatable bonds is 9. The van der Waals surface area contributed by atoms with Crippen molar-refractivity contribution in [3.05, 3.63) is 0 Å². The van der Waals surface area contributed by atoms with Gasteiger partial charge in [0.15, 0.2) is 5.96 Å². The van der Waals surface area contributed by atoms with Crippen LogP contribution in [0.25, 0.3) is 0 Å². The highest BCUT2D eigenvalue weighted by Gasteiger charge is 2.25. The Bertz CT molecular complexity index is 369. The zero-order valence-electron chi connectivity index (χ0n) is 12.7. The maximum absolute atomic E-state index is 11.6. The van der Waals surface area contributed by atoms with Gasteiger partial charge in [0.25, 0.3) is 0 Å². The van der Waals surface area contributed by atoms with Gasteiger partial charge in [-0.3, -0.25) is 4.99 Å². The Labute approximate surface area is 125 Å². The molecule has 0 radical (unpaired) electrons. The molecule has 1 unspecified atom stereocenters. The summed E-state index contributed by atoms with van der Waals surface area (Å²) >= 11 is 0. The number of hydrogen-bond donors (Lipinski definition) is 4. The lowest BCUT2D eigenvalue weighted by atomic mass is 10.0. The summed E-state index contributed by atoms with van der Waals surface area (Å²) in [6.45, 7) is 4.20. The summed E-state index contributed by atoms with van der Waals surface area (Å²) in [5, 5.41) is 0. The normalized spacial score (nSPS) is 14.9. The van der Waals surface area contributed by atoms with Crippen LogP contribution in [-0.4, -0.2) is 36.5 Å². The number of carbonyl (C=O) groups excluding carboxylic acids is 2. The monoisotopic (exact) mass is 301 g/mol. The molecule has 0 fully saturated rings. The molecule has 0 saturated carbocycles. The van der Waals surface area contributed by atoms with Crippen molar-refractivity contribution in [2.45, 2.75) is 51.6 Å². The third-order valence-corrected chi connectivity index (χ3v) is 3.25. The van der Waals surface area contributed by atoms with E-state index in [9.17, 15) is 9.59 Å². The van der Waals surface area contributed by atoms with Crippen LogP contribution in [0.4, 0.5) is 0 Å². The zero-order chi connectivity index (χ0) is 16.4. The molecule has 8 heteroatoms. The van der Waals surface area contributed by atoms with E-state index in [-0.39, 0.29) is 11.9 Å². The highest BCUT2D eigenvalue weighted by Crippen LogP contribution is 2.08. The quantitative estimate of drug-likeness (QED) is 0.142. The van der Waals surface area contributed by atoms with E-state index in [0.717, 1.165) is 6.42 Å². The second-order valence-corrected chi connectivity index (χ2v) is 5.06. The Kier molecular flexibility index (Phi) is 9.31. The number of carbonyl (C=O) groups is 2. The molecule has 21 heavy (non-hydrogen) atoms. The Hall–Kier alpha value is -1.67. The van der Waals surface area contributed by atoms with Gasteiger partial charge in [-0.1, -0.05) is 20.3 Å². The van der Waals surface area contributed by atoms with Crippen LogP contribution < -0.4 is 22.9 Å². The first kappa shape index (κ1) is 19.3. The predicted molar refractivity (Wildman–Crippen MR) is 81.0 cm³/mol. The molecule has 0 aromatic rings. The summed E-state index contributed by atoms with van der Waals surface area (Å²) in [6.07, 6.45) is 2.46. The van der Waals surface area contributed by atoms with E-state index in [0.29, 0.717) is 25.8 Å². The molecule has 122 valence electrons. The topological polar surface area (TPSA) is 160 Å². The van der Waals surface area contributed by atoms with Gasteiger partial charge in [-0.05, 0) is 25.2 Å². The van der Waals surface area contributed by atoms with Gasteiger partial charge in [-0.2, -0.15) is 0 Å². The fraction of sp³-hybridized carbons (Fsp3) is 0.769. The molecular weight excluding hydrogens is 274 g/mol. The highest BCUT2D eigenvalue weighted by molar-refractivity contribution is 5.90. The smallest absolute Gasteiger partial charge is 0.330 e. The molecule has 0 spiro atoms. The molecule has 8 nitrogen and oxygen atoms in total. The first-order valence-electron chi connectivity index (χ1n) is 7.11. The molecule has 8 N–H and O–H groups in total. The zero-order valence-corrected chi connectivity index (χ0v) is 12.7. The van der Waals surface area contributed by atoms with Crippen LogP contribution in [0.2, 0.25) is 0 Å². The van der Waals surface area contributed by atoms with Crippen LogP contribution in [0, 0.1) is 5.92 Å². The van der Waals surface area contributed by atoms with Gasteiger partial charge in [0.1, 0.15) is 12.1 Å². The minimum Gasteiger partial charge on any atom is -0.391 e. The lowest BCUT2D eigenvalue weighted by Gasteiger charge is -2.17. The minimum absolute atomic E-state index is 0.0309. The number of unbranched alkanes of at least 4 members (excludes halogenated alkanes) is 1. The van der Waals surface area contributed by atoms with E-state index in [2.05, 4.69) is 4.99 Å². The molecule has 0 aromatic heterocycles. The maximum atomic E-state index is 11.6. The van der Waals surface area contributed by atoms with E-state index >= 15 is 0 Å². The number of nitrogens with zero attached hydrogens (tertiary/aromatic N) is 1. The van der Waals surface area contributed by atoms with E-state index < -0.39 is 24.0 Å². The number of guanidine groups is 1. The first-order valence-corrected chi connectivity index (χ1v) is 7.11. The van der Waals surface area contributed by atoms with Crippen LogP contribution in [0.5, 0.6) is 0 Å². The molecule has 0 saturated heterocycles. The highest BCUT2D eigenvalue weighted by atomic mass is 16.6. The molecule has 0 rings (SSSR count). The Balaban J connectivity index is 4.05. The van der Waals surface area contributed by atoms with E-state index in [1.165, 1.54) is 0 Å². The van der Waals surface area contributed by atoms with Crippen molar-refractivity contribution in [2.24, 2.45) is 33.8 Å². The van der Waals surface area contributed by atoms with Crippen molar-refractivity contribution >= 4 is 17.9 Å². The standard InChI is InChI=1S/C13H27N5O3/c1-3-8(2)10(15)12(20)21-11(19)9(14)6-4-5-7-18-13(16)17/h8-10H,3-7,14-15H2,1-2H3,(H4,16,17,18)/t8-,9?,10-/m0/s1. The third kappa shape index (κ3) is 8.26. The summed E-state index contributed by atoms with van der Waals surface area (Å²) in [7, 11) is 0. The van der Waals surface area contributed by atoms with Crippen LogP contribution >= 0.6 is 0 Å². The van der Waals surface area contributed by atoms with Gasteiger partial charge < -0.3 is 27.7 Å². The van der Waals surface area contributed by atoms with Crippen molar-refractivity contribution in [1.82, 2.24) is 0 Å². The molecule has 0 heterocycles. The lowest BCUT2D eigenvalue weighted by Crippen LogP contribution is -2.42. The summed E-state index contributed by atoms with van der Waals surface area (Å²) in [5.41, 5.74) is 21.7. The van der Waals surface area contributed by atoms with Crippen molar-refractivity contribution in [3.63, 3.8) is 0 Å². The molecule has 0 amide bonds. The second-order valence-electron chi connectivity index (χ2n) is 5.06. The Morgan fingerprint density at radius 2 is 1.76 bits per heavy atom. The maximum Gasteiger partial charge on any atom is 0.330 e. The first-order chi connectivity index (χ1) is 9.79. The largest absolute Gasteiger partial charge is 0.391 e. The number of esters is 2. The second kappa shape index (κ2) is 10.1. The predicted octanol–water partition coefficient (Wildman–Crippen LogP) is -0.799. The SMILES string of the molecule is CC[C@H](C)[C@H](N)C(=O)OC(=O)C(N)CCCCN=C(N)N. The fourth-order valence-electron chi connectivity index (χ4n) is 1.53. The summed E-state index contributed by atoms with van der Waals surface area (Å²) in [4.78, 5) is 27.1. The average Bonchev–Trinajstić information content (AvgIpc) is 2.44. The van der Waals surface area contributed by atoms with Crippen molar-refractivity contribution in [1.29, 1.82) is 0 Å². The summed E-state index contributed by atoms with van der Waals surface area (Å²) < 4.78 is 4.70. The number of nitrogens with two attached hydrogens (primary N) is 4. The van der Waals surface area contributed by atoms with Crippen LogP contribution in [0.1, 0.15) is 39.5 Å². The van der Waals surface area contributed by atoms with Crippen molar-refractivity contribution in [3.8, 4) is 0 Å². The molecule has 0 bridgehead atoms. The van der Waals surface area contributed by atoms with Gasteiger partial charge in [-0.15, -0.1) is 0 Å². The molecule has 0 aromatic carbocycles. The van der Waals surface area contributed by atoms with Gasteiger partial charge in [0, 0.05) is 6.54 Å². The molecule has 0 aliphatic rings. The summed E-state index contributed by atoms with van der Waals surface area (Å²) in [6, 6.07) is -1.66. The van der Waals surface area contributed by atoms with Crippen LogP contribution in [0.15, 0.2) is 4.99 Å². The third-order valence-electron chi connectivity index (χ3n) is 3.25. The van der Waals surface area contributed by atoms with Crippen molar-refractivity contribution < 1.29 is 14.3 Å². The van der Waals surface area contributed by atoms with E-state index in [4.69, 9.17) is 27.7 Å². The molecule has 0 aliphatic carbocycles. The summed E-state index contributed by atoms with van der Waals surface area (Å²) in [5.74, 6) is -1.50. The van der Waals surface area contributed by atoms with Gasteiger partial charge in [0.2, 0.25) is 0 Å². The molecule has 3 atom stereocenters.